The van der Waals surface area contributed by atoms with Gasteiger partial charge in [0.15, 0.2) is 0 Å². The topological polar surface area (TPSA) is 29.1 Å². The lowest BCUT2D eigenvalue weighted by Crippen LogP contribution is -2.13. The van der Waals surface area contributed by atoms with Gasteiger partial charge in [-0.1, -0.05) is 6.07 Å². The second kappa shape index (κ2) is 2.66. The predicted molar refractivity (Wildman–Crippen MR) is 44.7 cm³/mol. The molecule has 1 aliphatic heterocycles. The van der Waals surface area contributed by atoms with Gasteiger partial charge >= 0.3 is 0 Å². The molecule has 0 radical (unpaired) electrons. The number of hydrogen-bond donors (Lipinski definition) is 1. The van der Waals surface area contributed by atoms with Crippen molar-refractivity contribution in [2.75, 3.05) is 6.54 Å². The molecule has 1 aromatic rings. The molecule has 3 heteroatoms. The Hall–Kier alpha value is -0.830. The maximum Gasteiger partial charge on any atom is 0.220 e. The van der Waals surface area contributed by atoms with Gasteiger partial charge in [0, 0.05) is 23.8 Å². The molecule has 0 bridgehead atoms. The van der Waals surface area contributed by atoms with Crippen LogP contribution in [0.4, 0.5) is 0 Å². The monoisotopic (exact) mass is 167 g/mol. The van der Waals surface area contributed by atoms with Crippen LogP contribution in [0.25, 0.3) is 0 Å². The molecule has 11 heavy (non-hydrogen) atoms. The number of carbonyl (C=O) groups is 1. The van der Waals surface area contributed by atoms with Crippen LogP contribution in [-0.2, 0) is 4.79 Å². The van der Waals surface area contributed by atoms with Crippen LogP contribution in [-0.4, -0.2) is 12.5 Å². The van der Waals surface area contributed by atoms with Gasteiger partial charge in [0.2, 0.25) is 5.91 Å². The zero-order chi connectivity index (χ0) is 7.68. The third-order valence-corrected chi connectivity index (χ3v) is 2.96. The molecule has 58 valence electrons. The maximum absolute atomic E-state index is 10.8. The predicted octanol–water partition coefficient (Wildman–Crippen LogP) is 1.35. The Morgan fingerprint density at radius 3 is 3.09 bits per heavy atom. The highest BCUT2D eigenvalue weighted by Gasteiger charge is 2.23. The summed E-state index contributed by atoms with van der Waals surface area (Å²) in [5.41, 5.74) is 0. The summed E-state index contributed by atoms with van der Waals surface area (Å²) in [6.45, 7) is 0.819. The lowest BCUT2D eigenvalue weighted by molar-refractivity contribution is -0.119. The van der Waals surface area contributed by atoms with Crippen LogP contribution in [0.5, 0.6) is 0 Å². The number of amides is 1. The van der Waals surface area contributed by atoms with Crippen molar-refractivity contribution in [2.24, 2.45) is 0 Å². The summed E-state index contributed by atoms with van der Waals surface area (Å²) >= 11 is 1.73. The molecular formula is C8H9NOS. The van der Waals surface area contributed by atoms with E-state index in [1.165, 1.54) is 4.88 Å². The Labute approximate surface area is 69.2 Å². The average molecular weight is 167 g/mol. The fourth-order valence-corrected chi connectivity index (χ4v) is 2.16. The first-order valence-electron chi connectivity index (χ1n) is 3.66. The average Bonchev–Trinajstić information content (AvgIpc) is 2.55. The second-order valence-electron chi connectivity index (χ2n) is 2.72. The van der Waals surface area contributed by atoms with Gasteiger partial charge in [-0.3, -0.25) is 4.79 Å². The number of rotatable bonds is 1. The molecule has 0 saturated carbocycles. The molecule has 0 spiro atoms. The molecule has 1 saturated heterocycles. The van der Waals surface area contributed by atoms with E-state index >= 15 is 0 Å². The van der Waals surface area contributed by atoms with Crippen LogP contribution in [0, 0.1) is 0 Å². The van der Waals surface area contributed by atoms with Crippen molar-refractivity contribution in [1.29, 1.82) is 0 Å². The van der Waals surface area contributed by atoms with Crippen molar-refractivity contribution in [1.82, 2.24) is 5.32 Å². The highest BCUT2D eigenvalue weighted by Crippen LogP contribution is 2.26. The van der Waals surface area contributed by atoms with Crippen molar-refractivity contribution < 1.29 is 4.79 Å². The smallest absolute Gasteiger partial charge is 0.220 e. The first kappa shape index (κ1) is 6.85. The molecule has 2 heterocycles. The fraction of sp³-hybridized carbons (Fsp3) is 0.375. The van der Waals surface area contributed by atoms with Crippen molar-refractivity contribution in [3.8, 4) is 0 Å². The van der Waals surface area contributed by atoms with E-state index in [1.54, 1.807) is 11.3 Å². The Kier molecular flexibility index (Phi) is 1.66. The van der Waals surface area contributed by atoms with Gasteiger partial charge in [0.1, 0.15) is 0 Å². The molecule has 2 nitrogen and oxygen atoms in total. The maximum atomic E-state index is 10.8. The summed E-state index contributed by atoms with van der Waals surface area (Å²) in [6, 6.07) is 4.12. The number of hydrogen-bond acceptors (Lipinski definition) is 2. The minimum atomic E-state index is 0.184. The standard InChI is InChI=1S/C8H9NOS/c10-8-4-6(5-9-8)7-2-1-3-11-7/h1-3,6H,4-5H2,(H,9,10). The molecule has 1 aromatic heterocycles. The zero-order valence-corrected chi connectivity index (χ0v) is 6.86. The molecular weight excluding hydrogens is 158 g/mol. The van der Waals surface area contributed by atoms with Crippen molar-refractivity contribution in [2.45, 2.75) is 12.3 Å². The minimum absolute atomic E-state index is 0.184. The van der Waals surface area contributed by atoms with Crippen molar-refractivity contribution in [3.63, 3.8) is 0 Å². The highest BCUT2D eigenvalue weighted by molar-refractivity contribution is 7.10. The number of carbonyl (C=O) groups excluding carboxylic acids is 1. The first-order chi connectivity index (χ1) is 5.36. The molecule has 1 atom stereocenters. The van der Waals surface area contributed by atoms with E-state index in [0.29, 0.717) is 12.3 Å². The van der Waals surface area contributed by atoms with Crippen molar-refractivity contribution in [3.05, 3.63) is 22.4 Å². The molecule has 0 aliphatic carbocycles. The van der Waals surface area contributed by atoms with E-state index in [2.05, 4.69) is 16.8 Å². The minimum Gasteiger partial charge on any atom is -0.355 e. The van der Waals surface area contributed by atoms with Gasteiger partial charge in [-0.15, -0.1) is 11.3 Å². The van der Waals surface area contributed by atoms with E-state index in [-0.39, 0.29) is 5.91 Å². The van der Waals surface area contributed by atoms with Crippen molar-refractivity contribution >= 4 is 17.2 Å². The fourth-order valence-electron chi connectivity index (χ4n) is 1.33. The SMILES string of the molecule is O=C1CC(c2cccs2)CN1. The number of thiophene rings is 1. The summed E-state index contributed by atoms with van der Waals surface area (Å²) in [6.07, 6.45) is 0.667. The molecule has 1 amide bonds. The van der Waals surface area contributed by atoms with E-state index in [9.17, 15) is 4.79 Å². The van der Waals surface area contributed by atoms with E-state index in [4.69, 9.17) is 0 Å². The van der Waals surface area contributed by atoms with Gasteiger partial charge in [-0.2, -0.15) is 0 Å². The van der Waals surface area contributed by atoms with Gasteiger partial charge in [-0.05, 0) is 11.4 Å². The molecule has 1 unspecified atom stereocenters. The normalized spacial score (nSPS) is 23.6. The highest BCUT2D eigenvalue weighted by atomic mass is 32.1. The van der Waals surface area contributed by atoms with E-state index in [1.807, 2.05) is 6.07 Å². The molecule has 1 N–H and O–H groups in total. The van der Waals surface area contributed by atoms with Gasteiger partial charge in [0.25, 0.3) is 0 Å². The molecule has 0 aromatic carbocycles. The molecule has 2 rings (SSSR count). The summed E-state index contributed by atoms with van der Waals surface area (Å²) in [4.78, 5) is 12.2. The largest absolute Gasteiger partial charge is 0.355 e. The van der Waals surface area contributed by atoms with Crippen LogP contribution in [0.1, 0.15) is 17.2 Å². The van der Waals surface area contributed by atoms with E-state index in [0.717, 1.165) is 6.54 Å². The molecule has 1 fully saturated rings. The summed E-state index contributed by atoms with van der Waals surface area (Å²) in [7, 11) is 0. The summed E-state index contributed by atoms with van der Waals surface area (Å²) in [5, 5.41) is 4.88. The third kappa shape index (κ3) is 1.28. The van der Waals surface area contributed by atoms with E-state index < -0.39 is 0 Å². The van der Waals surface area contributed by atoms with Gasteiger partial charge in [-0.25, -0.2) is 0 Å². The Morgan fingerprint density at radius 1 is 1.64 bits per heavy atom. The van der Waals surface area contributed by atoms with Crippen LogP contribution in [0.2, 0.25) is 0 Å². The van der Waals surface area contributed by atoms with Crippen LogP contribution >= 0.6 is 11.3 Å². The number of nitrogens with one attached hydrogen (secondary N) is 1. The second-order valence-corrected chi connectivity index (χ2v) is 3.70. The van der Waals surface area contributed by atoms with Crippen LogP contribution in [0.3, 0.4) is 0 Å². The summed E-state index contributed by atoms with van der Waals surface area (Å²) in [5.74, 6) is 0.617. The molecule has 1 aliphatic rings. The van der Waals surface area contributed by atoms with Gasteiger partial charge < -0.3 is 5.32 Å². The lowest BCUT2D eigenvalue weighted by atomic mass is 10.1. The van der Waals surface area contributed by atoms with Crippen LogP contribution < -0.4 is 5.32 Å². The van der Waals surface area contributed by atoms with Gasteiger partial charge in [0.05, 0.1) is 0 Å². The quantitative estimate of drug-likeness (QED) is 0.672. The Bertz CT molecular complexity index is 255. The summed E-state index contributed by atoms with van der Waals surface area (Å²) < 4.78 is 0. The van der Waals surface area contributed by atoms with Crippen LogP contribution in [0.15, 0.2) is 17.5 Å². The zero-order valence-electron chi connectivity index (χ0n) is 6.04. The Balaban J connectivity index is 2.13. The Morgan fingerprint density at radius 2 is 2.55 bits per heavy atom. The lowest BCUT2D eigenvalue weighted by Gasteiger charge is -2.00. The first-order valence-corrected chi connectivity index (χ1v) is 4.54. The third-order valence-electron chi connectivity index (χ3n) is 1.92.